The minimum Gasteiger partial charge on any atom is -0.484 e. The average Bonchev–Trinajstić information content (AvgIpc) is 2.42. The Morgan fingerprint density at radius 1 is 1.42 bits per heavy atom. The minimum absolute atomic E-state index is 0. The summed E-state index contributed by atoms with van der Waals surface area (Å²) in [4.78, 5) is 22.2. The number of halogens is 4. The maximum atomic E-state index is 12.1. The highest BCUT2D eigenvalue weighted by Gasteiger charge is 2.29. The summed E-state index contributed by atoms with van der Waals surface area (Å²) in [5.41, 5.74) is -0.824. The SMILES string of the molecule is Cl.O=C(NCC1CNC1)c1cc(OCC(F)(F)F)ccc1[N+](=O)[O-]. The van der Waals surface area contributed by atoms with Crippen LogP contribution in [0.5, 0.6) is 5.75 Å². The first-order chi connectivity index (χ1) is 10.8. The predicted molar refractivity (Wildman–Crippen MR) is 80.6 cm³/mol. The van der Waals surface area contributed by atoms with E-state index in [0.717, 1.165) is 31.3 Å². The molecule has 1 aliphatic rings. The lowest BCUT2D eigenvalue weighted by atomic mass is 10.0. The molecule has 2 N–H and O–H groups in total. The second kappa shape index (κ2) is 8.15. The molecule has 1 aromatic rings. The van der Waals surface area contributed by atoms with Crippen LogP contribution in [0.3, 0.4) is 0 Å². The number of rotatable bonds is 6. The van der Waals surface area contributed by atoms with Crippen molar-refractivity contribution < 1.29 is 27.6 Å². The van der Waals surface area contributed by atoms with Crippen LogP contribution in [0.1, 0.15) is 10.4 Å². The fraction of sp³-hybridized carbons (Fsp3) is 0.462. The first-order valence-electron chi connectivity index (χ1n) is 6.73. The molecule has 0 aromatic heterocycles. The summed E-state index contributed by atoms with van der Waals surface area (Å²) < 4.78 is 40.9. The molecule has 0 unspecified atom stereocenters. The monoisotopic (exact) mass is 369 g/mol. The Hall–Kier alpha value is -2.07. The largest absolute Gasteiger partial charge is 0.484 e. The average molecular weight is 370 g/mol. The summed E-state index contributed by atoms with van der Waals surface area (Å²) >= 11 is 0. The van der Waals surface area contributed by atoms with Crippen LogP contribution >= 0.6 is 12.4 Å². The zero-order chi connectivity index (χ0) is 17.0. The summed E-state index contributed by atoms with van der Waals surface area (Å²) in [5, 5.41) is 16.5. The van der Waals surface area contributed by atoms with Crippen molar-refractivity contribution in [1.29, 1.82) is 0 Å². The van der Waals surface area contributed by atoms with E-state index in [0.29, 0.717) is 6.54 Å². The van der Waals surface area contributed by atoms with Crippen molar-refractivity contribution in [2.24, 2.45) is 5.92 Å². The van der Waals surface area contributed by atoms with Crippen LogP contribution in [-0.4, -0.2) is 43.2 Å². The van der Waals surface area contributed by atoms with Gasteiger partial charge in [-0.3, -0.25) is 14.9 Å². The summed E-state index contributed by atoms with van der Waals surface area (Å²) in [7, 11) is 0. The van der Waals surface area contributed by atoms with Gasteiger partial charge in [0, 0.05) is 31.6 Å². The normalized spacial score (nSPS) is 14.3. The van der Waals surface area contributed by atoms with Gasteiger partial charge >= 0.3 is 6.18 Å². The number of nitrogens with one attached hydrogen (secondary N) is 2. The van der Waals surface area contributed by atoms with Gasteiger partial charge in [0.2, 0.25) is 0 Å². The zero-order valence-corrected chi connectivity index (χ0v) is 13.1. The molecule has 0 saturated carbocycles. The molecule has 0 radical (unpaired) electrons. The molecule has 0 aliphatic carbocycles. The van der Waals surface area contributed by atoms with E-state index in [4.69, 9.17) is 0 Å². The minimum atomic E-state index is -4.54. The number of benzene rings is 1. The summed E-state index contributed by atoms with van der Waals surface area (Å²) in [6, 6.07) is 2.92. The third-order valence-electron chi connectivity index (χ3n) is 3.23. The molecule has 0 bridgehead atoms. The van der Waals surface area contributed by atoms with Crippen molar-refractivity contribution >= 4 is 24.0 Å². The maximum Gasteiger partial charge on any atom is 0.422 e. The van der Waals surface area contributed by atoms with Gasteiger partial charge in [0.25, 0.3) is 11.6 Å². The predicted octanol–water partition coefficient (Wildman–Crippen LogP) is 1.91. The van der Waals surface area contributed by atoms with Gasteiger partial charge in [-0.1, -0.05) is 0 Å². The molecule has 1 aliphatic heterocycles. The molecular weight excluding hydrogens is 355 g/mol. The van der Waals surface area contributed by atoms with Crippen molar-refractivity contribution in [3.05, 3.63) is 33.9 Å². The third-order valence-corrected chi connectivity index (χ3v) is 3.23. The lowest BCUT2D eigenvalue weighted by molar-refractivity contribution is -0.385. The Morgan fingerprint density at radius 3 is 2.58 bits per heavy atom. The molecule has 0 atom stereocenters. The van der Waals surface area contributed by atoms with Crippen LogP contribution in [0, 0.1) is 16.0 Å². The second-order valence-electron chi connectivity index (χ2n) is 5.07. The molecule has 1 fully saturated rings. The molecular formula is C13H15ClF3N3O4. The Morgan fingerprint density at radius 2 is 2.08 bits per heavy atom. The molecule has 11 heteroatoms. The molecule has 1 heterocycles. The number of hydrogen-bond acceptors (Lipinski definition) is 5. The Kier molecular flexibility index (Phi) is 6.79. The number of nitrogens with zero attached hydrogens (tertiary/aromatic N) is 1. The number of amides is 1. The van der Waals surface area contributed by atoms with Crippen LogP contribution in [0.15, 0.2) is 18.2 Å². The van der Waals surface area contributed by atoms with E-state index in [-0.39, 0.29) is 29.6 Å². The molecule has 1 aromatic carbocycles. The Bertz CT molecular complexity index is 609. The van der Waals surface area contributed by atoms with Crippen LogP contribution in [0.4, 0.5) is 18.9 Å². The van der Waals surface area contributed by atoms with Crippen molar-refractivity contribution in [2.75, 3.05) is 26.2 Å². The van der Waals surface area contributed by atoms with Crippen LogP contribution in [0.2, 0.25) is 0 Å². The topological polar surface area (TPSA) is 93.5 Å². The molecule has 1 saturated heterocycles. The van der Waals surface area contributed by atoms with Gasteiger partial charge in [0.15, 0.2) is 6.61 Å². The highest BCUT2D eigenvalue weighted by molar-refractivity contribution is 5.98. The van der Waals surface area contributed by atoms with Gasteiger partial charge in [-0.15, -0.1) is 12.4 Å². The van der Waals surface area contributed by atoms with Gasteiger partial charge in [0.05, 0.1) is 4.92 Å². The van der Waals surface area contributed by atoms with Gasteiger partial charge in [-0.25, -0.2) is 0 Å². The third kappa shape index (κ3) is 5.53. The molecule has 24 heavy (non-hydrogen) atoms. The summed E-state index contributed by atoms with van der Waals surface area (Å²) in [5.74, 6) is -0.743. The highest BCUT2D eigenvalue weighted by atomic mass is 35.5. The lowest BCUT2D eigenvalue weighted by Gasteiger charge is -2.27. The van der Waals surface area contributed by atoms with Crippen molar-refractivity contribution in [3.63, 3.8) is 0 Å². The number of ether oxygens (including phenoxy) is 1. The standard InChI is InChI=1S/C13H14F3N3O4.ClH/c14-13(15,16)7-23-9-1-2-11(19(21)22)10(3-9)12(20)18-6-8-4-17-5-8;/h1-3,8,17H,4-7H2,(H,18,20);1H. The fourth-order valence-electron chi connectivity index (χ4n) is 1.94. The van der Waals surface area contributed by atoms with Crippen LogP contribution < -0.4 is 15.4 Å². The quantitative estimate of drug-likeness (QED) is 0.590. The van der Waals surface area contributed by atoms with E-state index < -0.39 is 29.3 Å². The lowest BCUT2D eigenvalue weighted by Crippen LogP contribution is -2.48. The van der Waals surface area contributed by atoms with E-state index in [1.165, 1.54) is 0 Å². The number of alkyl halides is 3. The summed E-state index contributed by atoms with van der Waals surface area (Å²) in [6.07, 6.45) is -4.54. The van der Waals surface area contributed by atoms with Gasteiger partial charge in [-0.2, -0.15) is 13.2 Å². The molecule has 2 rings (SSSR count). The Labute approximate surface area is 141 Å². The maximum absolute atomic E-state index is 12.1. The number of carbonyl (C=O) groups is 1. The van der Waals surface area contributed by atoms with E-state index in [9.17, 15) is 28.1 Å². The highest BCUT2D eigenvalue weighted by Crippen LogP contribution is 2.26. The molecule has 1 amide bonds. The van der Waals surface area contributed by atoms with Gasteiger partial charge in [-0.05, 0) is 12.1 Å². The molecule has 134 valence electrons. The zero-order valence-electron chi connectivity index (χ0n) is 12.3. The first-order valence-corrected chi connectivity index (χ1v) is 6.73. The second-order valence-corrected chi connectivity index (χ2v) is 5.07. The van der Waals surface area contributed by atoms with Crippen LogP contribution in [0.25, 0.3) is 0 Å². The smallest absolute Gasteiger partial charge is 0.422 e. The van der Waals surface area contributed by atoms with E-state index >= 15 is 0 Å². The summed E-state index contributed by atoms with van der Waals surface area (Å²) in [6.45, 7) is 0.254. The van der Waals surface area contributed by atoms with E-state index in [2.05, 4.69) is 15.4 Å². The first kappa shape index (κ1) is 20.0. The van der Waals surface area contributed by atoms with E-state index in [1.54, 1.807) is 0 Å². The van der Waals surface area contributed by atoms with E-state index in [1.807, 2.05) is 0 Å². The Balaban J connectivity index is 0.00000288. The fourth-order valence-corrected chi connectivity index (χ4v) is 1.94. The molecule has 0 spiro atoms. The number of carbonyl (C=O) groups excluding carboxylic acids is 1. The van der Waals surface area contributed by atoms with Crippen molar-refractivity contribution in [1.82, 2.24) is 10.6 Å². The number of nitro benzene ring substituents is 1. The van der Waals surface area contributed by atoms with Gasteiger partial charge < -0.3 is 15.4 Å². The molecule has 7 nitrogen and oxygen atoms in total. The number of hydrogen-bond donors (Lipinski definition) is 2. The number of nitro groups is 1. The van der Waals surface area contributed by atoms with Crippen LogP contribution in [-0.2, 0) is 0 Å². The van der Waals surface area contributed by atoms with Crippen molar-refractivity contribution in [2.45, 2.75) is 6.18 Å². The van der Waals surface area contributed by atoms with Gasteiger partial charge in [0.1, 0.15) is 11.3 Å². The van der Waals surface area contributed by atoms with Crippen molar-refractivity contribution in [3.8, 4) is 5.75 Å².